The van der Waals surface area contributed by atoms with E-state index in [1.165, 1.54) is 32.4 Å². The van der Waals surface area contributed by atoms with Crippen LogP contribution < -0.4 is 16.8 Å². The van der Waals surface area contributed by atoms with E-state index in [1.807, 2.05) is 0 Å². The Morgan fingerprint density at radius 3 is 1.27 bits per heavy atom. The maximum Gasteiger partial charge on any atom is 2.00 e. The molecule has 0 bridgehead atoms. The van der Waals surface area contributed by atoms with Crippen molar-refractivity contribution < 1.29 is 29.1 Å². The Kier molecular flexibility index (Phi) is 22.3. The van der Waals surface area contributed by atoms with E-state index in [0.29, 0.717) is 0 Å². The van der Waals surface area contributed by atoms with E-state index in [4.69, 9.17) is 9.59 Å². The number of hydrogen-bond acceptors (Lipinski definition) is 5. The largest absolute Gasteiger partial charge is 2.00 e. The molecule has 5 nitrogen and oxygen atoms in total. The van der Waals surface area contributed by atoms with E-state index in [-0.39, 0.29) is 19.5 Å². The minimum atomic E-state index is -0.750. The molecule has 1 fully saturated rings. The molecule has 0 unspecified atom stereocenters. The van der Waals surface area contributed by atoms with Crippen LogP contribution in [0.15, 0.2) is 0 Å². The quantitative estimate of drug-likeness (QED) is 0.431. The first-order valence-corrected chi connectivity index (χ1v) is 4.92. The van der Waals surface area contributed by atoms with Crippen molar-refractivity contribution in [2.75, 3.05) is 13.1 Å². The van der Waals surface area contributed by atoms with Crippen molar-refractivity contribution in [2.45, 2.75) is 19.3 Å². The number of nitrogens with two attached hydrogens (primary N) is 2. The first-order valence-electron chi connectivity index (χ1n) is 4.10. The predicted octanol–water partition coefficient (Wildman–Crippen LogP) is -0.0186. The molecule has 0 aromatic carbocycles. The summed E-state index contributed by atoms with van der Waals surface area (Å²) >= 11 is 7.52. The van der Waals surface area contributed by atoms with Crippen LogP contribution in [0.4, 0.5) is 9.59 Å². The average Bonchev–Trinajstić information content (AvgIpc) is 2.05. The van der Waals surface area contributed by atoms with Crippen LogP contribution in [0.1, 0.15) is 19.3 Å². The number of nitrogens with one attached hydrogen (secondary N) is 1. The number of carbonyl (C=O) groups is 2. The van der Waals surface area contributed by atoms with Crippen LogP contribution in [-0.4, -0.2) is 23.6 Å². The van der Waals surface area contributed by atoms with Gasteiger partial charge in [0.15, 0.2) is 0 Å². The zero-order chi connectivity index (χ0) is 11.4. The van der Waals surface area contributed by atoms with Crippen LogP contribution >= 0.6 is 0 Å². The average molecular weight is 303 g/mol. The van der Waals surface area contributed by atoms with Gasteiger partial charge >= 0.3 is 19.5 Å². The van der Waals surface area contributed by atoms with Crippen LogP contribution in [-0.2, 0) is 44.7 Å². The number of hydrogen-bond donors (Lipinski definition) is 3. The molecule has 5 N–H and O–H groups in total. The molecule has 15 heavy (non-hydrogen) atoms. The molecule has 0 saturated carbocycles. The van der Waals surface area contributed by atoms with Crippen molar-refractivity contribution in [3.05, 3.63) is 0 Å². The van der Waals surface area contributed by atoms with Gasteiger partial charge in [0.1, 0.15) is 0 Å². The van der Waals surface area contributed by atoms with E-state index in [1.54, 1.807) is 0 Å². The molecule has 1 rings (SSSR count). The topological polar surface area (TPSA) is 98.2 Å². The van der Waals surface area contributed by atoms with Gasteiger partial charge in [-0.2, -0.15) is 0 Å². The fraction of sp³-hybridized carbons (Fsp3) is 0.714. The summed E-state index contributed by atoms with van der Waals surface area (Å²) in [5.41, 5.74) is 8.57. The molecular weight excluding hydrogens is 288 g/mol. The maximum atomic E-state index is 9.04. The normalized spacial score (nSPS) is 12.8. The molecule has 8 heteroatoms. The second kappa shape index (κ2) is 16.4. The van der Waals surface area contributed by atoms with Crippen molar-refractivity contribution in [3.63, 3.8) is 0 Å². The summed E-state index contributed by atoms with van der Waals surface area (Å²) in [6, 6.07) is 0. The monoisotopic (exact) mass is 301 g/mol. The Bertz CT molecular complexity index is 137. The van der Waals surface area contributed by atoms with Gasteiger partial charge in [-0.1, -0.05) is 6.42 Å². The third-order valence-corrected chi connectivity index (χ3v) is 1.21. The van der Waals surface area contributed by atoms with Crippen molar-refractivity contribution in [1.82, 2.24) is 5.32 Å². The fourth-order valence-corrected chi connectivity index (χ4v) is 0.802. The molecule has 0 spiro atoms. The van der Waals surface area contributed by atoms with Gasteiger partial charge in [0, 0.05) is 0 Å². The summed E-state index contributed by atoms with van der Waals surface area (Å²) in [4.78, 5) is 18.1. The molecule has 0 aromatic rings. The fourth-order valence-electron chi connectivity index (χ4n) is 0.802. The summed E-state index contributed by atoms with van der Waals surface area (Å²) < 4.78 is 0. The molecule has 1 heterocycles. The first-order chi connectivity index (χ1) is 6.46. The van der Waals surface area contributed by atoms with Gasteiger partial charge in [-0.15, -0.1) is 0 Å². The zero-order valence-electron chi connectivity index (χ0n) is 8.53. The summed E-state index contributed by atoms with van der Waals surface area (Å²) in [5, 5.41) is 1.78. The van der Waals surface area contributed by atoms with Gasteiger partial charge in [-0.3, -0.25) is 0 Å². The summed E-state index contributed by atoms with van der Waals surface area (Å²) in [6.07, 6.45) is 4.22. The summed E-state index contributed by atoms with van der Waals surface area (Å²) in [7, 11) is 0. The van der Waals surface area contributed by atoms with Crippen LogP contribution in [0.25, 0.3) is 0 Å². The van der Waals surface area contributed by atoms with Crippen molar-refractivity contribution in [3.8, 4) is 0 Å². The van der Waals surface area contributed by atoms with E-state index in [0.717, 1.165) is 0 Å². The van der Waals surface area contributed by atoms with Gasteiger partial charge < -0.3 is 51.6 Å². The molecular formula is C7H15N3O2S2Zn. The number of piperidine rings is 1. The Morgan fingerprint density at radius 2 is 1.20 bits per heavy atom. The predicted molar refractivity (Wildman–Crippen MR) is 60.6 cm³/mol. The number of primary amides is 2. The molecule has 1 aliphatic rings. The molecule has 0 aromatic heterocycles. The summed E-state index contributed by atoms with van der Waals surface area (Å²) in [5.74, 6) is 0. The molecule has 2 amide bonds. The SMILES string of the molecule is C1CCNCC1.NC(=O)[S-].NC(=O)[S-].[Zn+2]. The van der Waals surface area contributed by atoms with Gasteiger partial charge in [0.2, 0.25) is 0 Å². The van der Waals surface area contributed by atoms with E-state index >= 15 is 0 Å². The number of carbonyl (C=O) groups excluding carboxylic acids is 2. The maximum absolute atomic E-state index is 9.04. The van der Waals surface area contributed by atoms with Gasteiger partial charge in [0.05, 0.1) is 10.5 Å². The van der Waals surface area contributed by atoms with E-state index in [2.05, 4.69) is 42.0 Å². The third-order valence-electron chi connectivity index (χ3n) is 1.21. The molecule has 84 valence electrons. The van der Waals surface area contributed by atoms with E-state index in [9.17, 15) is 0 Å². The second-order valence-electron chi connectivity index (χ2n) is 2.45. The molecule has 1 aliphatic heterocycles. The minimum Gasteiger partial charge on any atom is -0.719 e. The molecule has 1 saturated heterocycles. The van der Waals surface area contributed by atoms with Gasteiger partial charge in [-0.25, -0.2) is 0 Å². The van der Waals surface area contributed by atoms with Gasteiger partial charge in [-0.05, 0) is 25.9 Å². The van der Waals surface area contributed by atoms with Crippen molar-refractivity contribution >= 4 is 35.7 Å². The first kappa shape index (κ1) is 20.4. The van der Waals surface area contributed by atoms with Crippen LogP contribution in [0.5, 0.6) is 0 Å². The number of amides is 2. The Morgan fingerprint density at radius 1 is 0.933 bits per heavy atom. The standard InChI is InChI=1S/C5H11N.2CH3NOS.Zn/c1-2-4-6-5-3-1;2*2-1(3)4;/h6H,1-5H2;2*(H3,2,3,4);/q;;;+2/p-2. The zero-order valence-corrected chi connectivity index (χ0v) is 13.1. The Balaban J connectivity index is -0.000000145. The summed E-state index contributed by atoms with van der Waals surface area (Å²) in [6.45, 7) is 2.50. The third kappa shape index (κ3) is 56.2. The van der Waals surface area contributed by atoms with Crippen LogP contribution in [0, 0.1) is 0 Å². The van der Waals surface area contributed by atoms with Crippen LogP contribution in [0.3, 0.4) is 0 Å². The van der Waals surface area contributed by atoms with Crippen molar-refractivity contribution in [1.29, 1.82) is 0 Å². The van der Waals surface area contributed by atoms with Crippen LogP contribution in [0.2, 0.25) is 0 Å². The smallest absolute Gasteiger partial charge is 0.719 e. The van der Waals surface area contributed by atoms with Crippen molar-refractivity contribution in [2.24, 2.45) is 11.5 Å². The molecule has 0 aliphatic carbocycles. The second-order valence-corrected chi connectivity index (χ2v) is 3.25. The molecule has 0 radical (unpaired) electrons. The Labute approximate surface area is 114 Å². The number of rotatable bonds is 0. The van der Waals surface area contributed by atoms with E-state index < -0.39 is 10.5 Å². The minimum absolute atomic E-state index is 0. The Hall–Kier alpha value is -0.0366. The molecule has 0 atom stereocenters. The van der Waals surface area contributed by atoms with Gasteiger partial charge in [0.25, 0.3) is 0 Å².